The first kappa shape index (κ1) is 14.8. The minimum Gasteiger partial charge on any atom is -0.342 e. The Bertz CT molecular complexity index is 295. The summed E-state index contributed by atoms with van der Waals surface area (Å²) in [6, 6.07) is 0.551. The number of nitrogens with zero attached hydrogens (tertiary/aromatic N) is 1. The fourth-order valence-electron chi connectivity index (χ4n) is 3.35. The van der Waals surface area contributed by atoms with Crippen molar-refractivity contribution in [3.05, 3.63) is 0 Å². The van der Waals surface area contributed by atoms with Crippen LogP contribution in [0.2, 0.25) is 0 Å². The molecule has 2 rings (SSSR count). The summed E-state index contributed by atoms with van der Waals surface area (Å²) in [7, 11) is 0. The van der Waals surface area contributed by atoms with E-state index < -0.39 is 0 Å². The van der Waals surface area contributed by atoms with Crippen LogP contribution in [-0.2, 0) is 4.79 Å². The number of piperidine rings is 1. The molecule has 1 amide bonds. The van der Waals surface area contributed by atoms with E-state index in [0.29, 0.717) is 23.9 Å². The van der Waals surface area contributed by atoms with E-state index >= 15 is 0 Å². The Morgan fingerprint density at radius 3 is 2.58 bits per heavy atom. The Balaban J connectivity index is 1.71. The minimum atomic E-state index is 0.309. The normalized spacial score (nSPS) is 27.9. The molecule has 0 aromatic carbocycles. The van der Waals surface area contributed by atoms with Crippen molar-refractivity contribution in [1.82, 2.24) is 10.2 Å². The van der Waals surface area contributed by atoms with Crippen molar-refractivity contribution in [3.63, 3.8) is 0 Å². The highest BCUT2D eigenvalue weighted by Crippen LogP contribution is 2.33. The number of rotatable bonds is 3. The molecule has 1 unspecified atom stereocenters. The average molecular weight is 266 g/mol. The van der Waals surface area contributed by atoms with Crippen LogP contribution in [0.5, 0.6) is 0 Å². The standard InChI is InChI=1S/C16H30N2O/c1-16(2)9-6-7-14(8-10-16)17-13-15(19)18-11-4-3-5-12-18/h14,17H,3-13H2,1-2H3. The maximum Gasteiger partial charge on any atom is 0.236 e. The third-order valence-corrected chi connectivity index (χ3v) is 4.83. The summed E-state index contributed by atoms with van der Waals surface area (Å²) in [5, 5.41) is 3.51. The van der Waals surface area contributed by atoms with Crippen molar-refractivity contribution in [3.8, 4) is 0 Å². The van der Waals surface area contributed by atoms with Gasteiger partial charge in [0.2, 0.25) is 5.91 Å². The van der Waals surface area contributed by atoms with Crippen LogP contribution >= 0.6 is 0 Å². The molecule has 1 aliphatic heterocycles. The van der Waals surface area contributed by atoms with Crippen LogP contribution < -0.4 is 5.32 Å². The van der Waals surface area contributed by atoms with Gasteiger partial charge < -0.3 is 10.2 Å². The molecular weight excluding hydrogens is 236 g/mol. The topological polar surface area (TPSA) is 32.3 Å². The summed E-state index contributed by atoms with van der Waals surface area (Å²) < 4.78 is 0. The van der Waals surface area contributed by atoms with Gasteiger partial charge in [-0.25, -0.2) is 0 Å². The highest BCUT2D eigenvalue weighted by molar-refractivity contribution is 5.78. The fourth-order valence-corrected chi connectivity index (χ4v) is 3.35. The predicted molar refractivity (Wildman–Crippen MR) is 79.1 cm³/mol. The lowest BCUT2D eigenvalue weighted by molar-refractivity contribution is -0.131. The molecule has 3 heteroatoms. The minimum absolute atomic E-state index is 0.309. The number of carbonyl (C=O) groups excluding carboxylic acids is 1. The lowest BCUT2D eigenvalue weighted by atomic mass is 9.85. The van der Waals surface area contributed by atoms with Gasteiger partial charge in [0.1, 0.15) is 0 Å². The molecule has 1 aliphatic carbocycles. The number of amides is 1. The first-order valence-corrected chi connectivity index (χ1v) is 8.08. The largest absolute Gasteiger partial charge is 0.342 e. The van der Waals surface area contributed by atoms with Gasteiger partial charge in [-0.1, -0.05) is 20.3 Å². The molecule has 1 atom stereocenters. The molecule has 2 fully saturated rings. The lowest BCUT2D eigenvalue weighted by Crippen LogP contribution is -2.43. The van der Waals surface area contributed by atoms with Crippen molar-refractivity contribution in [1.29, 1.82) is 0 Å². The first-order valence-electron chi connectivity index (χ1n) is 8.08. The summed E-state index contributed by atoms with van der Waals surface area (Å²) in [5.74, 6) is 0.309. The summed E-state index contributed by atoms with van der Waals surface area (Å²) >= 11 is 0. The molecule has 2 aliphatic rings. The van der Waals surface area contributed by atoms with E-state index in [-0.39, 0.29) is 0 Å². The van der Waals surface area contributed by atoms with E-state index in [1.54, 1.807) is 0 Å². The highest BCUT2D eigenvalue weighted by atomic mass is 16.2. The van der Waals surface area contributed by atoms with Crippen LogP contribution in [-0.4, -0.2) is 36.5 Å². The molecule has 3 nitrogen and oxygen atoms in total. The molecule has 19 heavy (non-hydrogen) atoms. The molecule has 110 valence electrons. The van der Waals surface area contributed by atoms with Gasteiger partial charge in [-0.15, -0.1) is 0 Å². The summed E-state index contributed by atoms with van der Waals surface area (Å²) in [6.07, 6.45) is 10.0. The number of likely N-dealkylation sites (tertiary alicyclic amines) is 1. The maximum absolute atomic E-state index is 12.1. The van der Waals surface area contributed by atoms with E-state index in [0.717, 1.165) is 13.1 Å². The van der Waals surface area contributed by atoms with Crippen molar-refractivity contribution in [2.45, 2.75) is 71.3 Å². The van der Waals surface area contributed by atoms with Gasteiger partial charge >= 0.3 is 0 Å². The first-order chi connectivity index (χ1) is 9.07. The molecule has 0 radical (unpaired) electrons. The number of hydrogen-bond donors (Lipinski definition) is 1. The molecule has 0 bridgehead atoms. The van der Waals surface area contributed by atoms with Gasteiger partial charge in [0.15, 0.2) is 0 Å². The van der Waals surface area contributed by atoms with Gasteiger partial charge in [-0.3, -0.25) is 4.79 Å². The van der Waals surface area contributed by atoms with Crippen LogP contribution in [0.15, 0.2) is 0 Å². The predicted octanol–water partition coefficient (Wildman–Crippen LogP) is 2.95. The molecule has 1 saturated carbocycles. The van der Waals surface area contributed by atoms with Gasteiger partial charge in [0, 0.05) is 19.1 Å². The summed E-state index contributed by atoms with van der Waals surface area (Å²) in [4.78, 5) is 14.2. The number of hydrogen-bond acceptors (Lipinski definition) is 2. The van der Waals surface area contributed by atoms with Crippen LogP contribution in [0.3, 0.4) is 0 Å². The van der Waals surface area contributed by atoms with Crippen LogP contribution in [0.4, 0.5) is 0 Å². The monoisotopic (exact) mass is 266 g/mol. The number of carbonyl (C=O) groups is 1. The second-order valence-electron chi connectivity index (χ2n) is 7.11. The van der Waals surface area contributed by atoms with E-state index in [1.165, 1.54) is 51.4 Å². The molecule has 1 N–H and O–H groups in total. The lowest BCUT2D eigenvalue weighted by Gasteiger charge is -2.28. The number of nitrogens with one attached hydrogen (secondary N) is 1. The average Bonchev–Trinajstić information content (AvgIpc) is 2.58. The summed E-state index contributed by atoms with van der Waals surface area (Å²) in [6.45, 7) is 7.23. The smallest absolute Gasteiger partial charge is 0.236 e. The third-order valence-electron chi connectivity index (χ3n) is 4.83. The maximum atomic E-state index is 12.1. The van der Waals surface area contributed by atoms with Gasteiger partial charge in [0.05, 0.1) is 6.54 Å². The zero-order valence-corrected chi connectivity index (χ0v) is 12.7. The van der Waals surface area contributed by atoms with Gasteiger partial charge in [0.25, 0.3) is 0 Å². The molecule has 0 aromatic rings. The molecule has 0 aromatic heterocycles. The Hall–Kier alpha value is -0.570. The second kappa shape index (κ2) is 6.74. The quantitative estimate of drug-likeness (QED) is 0.797. The molecule has 0 spiro atoms. The van der Waals surface area contributed by atoms with E-state index in [4.69, 9.17) is 0 Å². The Kier molecular flexibility index (Phi) is 5.26. The van der Waals surface area contributed by atoms with Gasteiger partial charge in [-0.2, -0.15) is 0 Å². The zero-order valence-electron chi connectivity index (χ0n) is 12.7. The van der Waals surface area contributed by atoms with E-state index in [1.807, 2.05) is 4.90 Å². The third kappa shape index (κ3) is 4.79. The zero-order chi connectivity index (χ0) is 13.7. The second-order valence-corrected chi connectivity index (χ2v) is 7.11. The van der Waals surface area contributed by atoms with Crippen molar-refractivity contribution < 1.29 is 4.79 Å². The van der Waals surface area contributed by atoms with Crippen LogP contribution in [0, 0.1) is 5.41 Å². The van der Waals surface area contributed by atoms with E-state index in [9.17, 15) is 4.79 Å². The molecular formula is C16H30N2O. The summed E-state index contributed by atoms with van der Waals surface area (Å²) in [5.41, 5.74) is 0.493. The Labute approximate surface area is 118 Å². The molecule has 1 heterocycles. The van der Waals surface area contributed by atoms with Crippen LogP contribution in [0.1, 0.15) is 65.2 Å². The van der Waals surface area contributed by atoms with E-state index in [2.05, 4.69) is 19.2 Å². The fraction of sp³-hybridized carbons (Fsp3) is 0.938. The Morgan fingerprint density at radius 1 is 1.11 bits per heavy atom. The van der Waals surface area contributed by atoms with Gasteiger partial charge in [-0.05, 0) is 50.4 Å². The van der Waals surface area contributed by atoms with Crippen molar-refractivity contribution >= 4 is 5.91 Å². The van der Waals surface area contributed by atoms with Crippen LogP contribution in [0.25, 0.3) is 0 Å². The Morgan fingerprint density at radius 2 is 1.84 bits per heavy atom. The van der Waals surface area contributed by atoms with Crippen molar-refractivity contribution in [2.75, 3.05) is 19.6 Å². The van der Waals surface area contributed by atoms with Crippen molar-refractivity contribution in [2.24, 2.45) is 5.41 Å². The highest BCUT2D eigenvalue weighted by Gasteiger charge is 2.25. The molecule has 1 saturated heterocycles. The SMILES string of the molecule is CC1(C)CCCC(NCC(=O)N2CCCCC2)CC1.